The number of hydrogen-bond acceptors (Lipinski definition) is 2. The number of benzene rings is 1. The zero-order valence-electron chi connectivity index (χ0n) is 9.79. The molecule has 1 unspecified atom stereocenters. The third-order valence-electron chi connectivity index (χ3n) is 2.81. The summed E-state index contributed by atoms with van der Waals surface area (Å²) in [6, 6.07) is 9.02. The Hall–Kier alpha value is -0.150. The minimum absolute atomic E-state index is 0.465. The normalized spacial score (nSPS) is 24.1. The average Bonchev–Trinajstić information content (AvgIpc) is 2.15. The summed E-state index contributed by atoms with van der Waals surface area (Å²) in [7, 11) is 0. The molecule has 1 nitrogen and oxygen atoms in total. The van der Waals surface area contributed by atoms with Gasteiger partial charge in [0.2, 0.25) is 0 Å². The minimum atomic E-state index is 0.465. The van der Waals surface area contributed by atoms with Crippen LogP contribution < -0.4 is 5.32 Å². The topological polar surface area (TPSA) is 12.0 Å². The lowest BCUT2D eigenvalue weighted by Gasteiger charge is -2.35. The smallest absolute Gasteiger partial charge is 0.0357 e. The van der Waals surface area contributed by atoms with Crippen molar-refractivity contribution in [2.75, 3.05) is 16.8 Å². The monoisotopic (exact) mass is 299 g/mol. The molecule has 2 rings (SSSR count). The molecule has 1 N–H and O–H groups in total. The van der Waals surface area contributed by atoms with Crippen molar-refractivity contribution in [3.63, 3.8) is 0 Å². The lowest BCUT2D eigenvalue weighted by molar-refractivity contribution is 0.358. The van der Waals surface area contributed by atoms with Crippen LogP contribution in [0.4, 0.5) is 5.69 Å². The van der Waals surface area contributed by atoms with Gasteiger partial charge in [0.25, 0.3) is 0 Å². The fourth-order valence-electron chi connectivity index (χ4n) is 2.17. The third-order valence-corrected chi connectivity index (χ3v) is 4.92. The van der Waals surface area contributed by atoms with E-state index in [-0.39, 0.29) is 0 Å². The molecule has 3 heteroatoms. The summed E-state index contributed by atoms with van der Waals surface area (Å²) in [4.78, 5) is 0. The number of hydrogen-bond donors (Lipinski definition) is 1. The molecule has 1 heterocycles. The molecule has 1 aromatic rings. The minimum Gasteiger partial charge on any atom is -0.381 e. The van der Waals surface area contributed by atoms with Crippen LogP contribution in [0, 0.1) is 5.41 Å². The quantitative estimate of drug-likeness (QED) is 0.869. The van der Waals surface area contributed by atoms with Crippen LogP contribution in [-0.4, -0.2) is 17.5 Å². The van der Waals surface area contributed by atoms with Crippen LogP contribution in [0.25, 0.3) is 0 Å². The van der Waals surface area contributed by atoms with Crippen LogP contribution >= 0.6 is 27.7 Å². The second-order valence-electron chi connectivity index (χ2n) is 5.24. The highest BCUT2D eigenvalue weighted by Gasteiger charge is 2.28. The van der Waals surface area contributed by atoms with Gasteiger partial charge in [-0.25, -0.2) is 0 Å². The largest absolute Gasteiger partial charge is 0.381 e. The van der Waals surface area contributed by atoms with Gasteiger partial charge in [0.15, 0.2) is 0 Å². The molecule has 0 bridgehead atoms. The van der Waals surface area contributed by atoms with Gasteiger partial charge in [-0.1, -0.05) is 35.8 Å². The first-order valence-electron chi connectivity index (χ1n) is 5.65. The van der Waals surface area contributed by atoms with Crippen molar-refractivity contribution in [3.05, 3.63) is 28.7 Å². The van der Waals surface area contributed by atoms with Crippen molar-refractivity contribution in [2.45, 2.75) is 26.3 Å². The molecular formula is C13H18BrNS. The molecule has 0 aliphatic carbocycles. The zero-order chi connectivity index (χ0) is 11.6. The first-order chi connectivity index (χ1) is 7.55. The van der Waals surface area contributed by atoms with Gasteiger partial charge < -0.3 is 5.32 Å². The van der Waals surface area contributed by atoms with E-state index in [2.05, 4.69) is 71.1 Å². The standard InChI is InChI=1S/C13H18BrNS/c1-13(2)7-12(8-16-9-13)15-11-5-3-4-10(14)6-11/h3-6,12,15H,7-9H2,1-2H3. The Morgan fingerprint density at radius 2 is 2.25 bits per heavy atom. The van der Waals surface area contributed by atoms with Crippen LogP contribution in [0.15, 0.2) is 28.7 Å². The molecule has 0 aromatic heterocycles. The molecule has 0 amide bonds. The molecule has 1 atom stereocenters. The molecular weight excluding hydrogens is 282 g/mol. The summed E-state index contributed by atoms with van der Waals surface area (Å²) in [6.07, 6.45) is 1.26. The lowest BCUT2D eigenvalue weighted by atomic mass is 9.88. The summed E-state index contributed by atoms with van der Waals surface area (Å²) in [5, 5.41) is 3.63. The van der Waals surface area contributed by atoms with E-state index >= 15 is 0 Å². The van der Waals surface area contributed by atoms with Crippen molar-refractivity contribution in [2.24, 2.45) is 5.41 Å². The molecule has 0 saturated carbocycles. The van der Waals surface area contributed by atoms with E-state index in [0.29, 0.717) is 11.5 Å². The molecule has 1 fully saturated rings. The van der Waals surface area contributed by atoms with E-state index in [1.165, 1.54) is 23.6 Å². The maximum absolute atomic E-state index is 3.63. The summed E-state index contributed by atoms with van der Waals surface area (Å²) in [6.45, 7) is 4.71. The summed E-state index contributed by atoms with van der Waals surface area (Å²) in [5.74, 6) is 2.50. The van der Waals surface area contributed by atoms with E-state index in [9.17, 15) is 0 Å². The molecule has 1 aliphatic heterocycles. The third kappa shape index (κ3) is 3.42. The van der Waals surface area contributed by atoms with E-state index in [1.807, 2.05) is 0 Å². The lowest BCUT2D eigenvalue weighted by Crippen LogP contribution is -2.35. The van der Waals surface area contributed by atoms with Gasteiger partial charge in [0.1, 0.15) is 0 Å². The van der Waals surface area contributed by atoms with E-state index in [4.69, 9.17) is 0 Å². The number of rotatable bonds is 2. The number of anilines is 1. The molecule has 0 spiro atoms. The van der Waals surface area contributed by atoms with Crippen molar-refractivity contribution >= 4 is 33.4 Å². The van der Waals surface area contributed by atoms with Crippen molar-refractivity contribution in [1.82, 2.24) is 0 Å². The van der Waals surface area contributed by atoms with Crippen molar-refractivity contribution < 1.29 is 0 Å². The molecule has 16 heavy (non-hydrogen) atoms. The van der Waals surface area contributed by atoms with Crippen LogP contribution in [0.3, 0.4) is 0 Å². The fourth-order valence-corrected chi connectivity index (χ4v) is 3.84. The van der Waals surface area contributed by atoms with Crippen molar-refractivity contribution in [1.29, 1.82) is 0 Å². The number of thioether (sulfide) groups is 1. The Morgan fingerprint density at radius 3 is 2.94 bits per heavy atom. The SMILES string of the molecule is CC1(C)CSCC(Nc2cccc(Br)c2)C1. The Kier molecular flexibility index (Phi) is 3.85. The highest BCUT2D eigenvalue weighted by molar-refractivity contribution is 9.10. The van der Waals surface area contributed by atoms with E-state index in [0.717, 1.165) is 4.47 Å². The summed E-state index contributed by atoms with van der Waals surface area (Å²) < 4.78 is 1.14. The van der Waals surface area contributed by atoms with Gasteiger partial charge in [-0.3, -0.25) is 0 Å². The Labute approximate surface area is 111 Å². The van der Waals surface area contributed by atoms with Gasteiger partial charge in [-0.2, -0.15) is 11.8 Å². The van der Waals surface area contributed by atoms with Gasteiger partial charge >= 0.3 is 0 Å². The van der Waals surface area contributed by atoms with Crippen molar-refractivity contribution in [3.8, 4) is 0 Å². The van der Waals surface area contributed by atoms with Gasteiger partial charge in [-0.15, -0.1) is 0 Å². The van der Waals surface area contributed by atoms with Gasteiger partial charge in [0.05, 0.1) is 0 Å². The molecule has 1 aromatic carbocycles. The van der Waals surface area contributed by atoms with Gasteiger partial charge in [-0.05, 0) is 35.8 Å². The predicted molar refractivity (Wildman–Crippen MR) is 77.3 cm³/mol. The van der Waals surface area contributed by atoms with Gasteiger partial charge in [0, 0.05) is 22.0 Å². The highest BCUT2D eigenvalue weighted by Crippen LogP contribution is 2.34. The number of halogens is 1. The molecule has 88 valence electrons. The highest BCUT2D eigenvalue weighted by atomic mass is 79.9. The second-order valence-corrected chi connectivity index (χ2v) is 7.18. The van der Waals surface area contributed by atoms with E-state index in [1.54, 1.807) is 0 Å². The molecule has 1 aliphatic rings. The number of nitrogens with one attached hydrogen (secondary N) is 1. The van der Waals surface area contributed by atoms with Crippen LogP contribution in [0.5, 0.6) is 0 Å². The first kappa shape index (κ1) is 12.3. The predicted octanol–water partition coefficient (Wildman–Crippen LogP) is 4.39. The van der Waals surface area contributed by atoms with Crippen LogP contribution in [0.2, 0.25) is 0 Å². The van der Waals surface area contributed by atoms with E-state index < -0.39 is 0 Å². The molecule has 1 saturated heterocycles. The average molecular weight is 300 g/mol. The Balaban J connectivity index is 1.99. The maximum Gasteiger partial charge on any atom is 0.0357 e. The zero-order valence-corrected chi connectivity index (χ0v) is 12.2. The maximum atomic E-state index is 3.63. The fraction of sp³-hybridized carbons (Fsp3) is 0.538. The Bertz CT molecular complexity index is 365. The first-order valence-corrected chi connectivity index (χ1v) is 7.60. The summed E-state index contributed by atoms with van der Waals surface area (Å²) >= 11 is 5.56. The second kappa shape index (κ2) is 5.01. The molecule has 0 radical (unpaired) electrons. The Morgan fingerprint density at radius 1 is 1.44 bits per heavy atom. The van der Waals surface area contributed by atoms with Crippen LogP contribution in [0.1, 0.15) is 20.3 Å². The van der Waals surface area contributed by atoms with Crippen LogP contribution in [-0.2, 0) is 0 Å². The summed E-state index contributed by atoms with van der Waals surface area (Å²) in [5.41, 5.74) is 1.68.